The third-order valence-corrected chi connectivity index (χ3v) is 4.51. The summed E-state index contributed by atoms with van der Waals surface area (Å²) in [5.74, 6) is 5.43. The molecule has 0 spiro atoms. The van der Waals surface area contributed by atoms with Gasteiger partial charge < -0.3 is 10.7 Å². The van der Waals surface area contributed by atoms with Gasteiger partial charge in [-0.25, -0.2) is 19.2 Å². The molecule has 1 aliphatic heterocycles. The van der Waals surface area contributed by atoms with Crippen LogP contribution in [0.2, 0.25) is 0 Å². The molecule has 1 atom stereocenters. The van der Waals surface area contributed by atoms with Crippen molar-refractivity contribution in [2.45, 2.75) is 12.5 Å². The van der Waals surface area contributed by atoms with Gasteiger partial charge in [0.05, 0.1) is 17.1 Å². The molecule has 0 saturated carbocycles. The quantitative estimate of drug-likeness (QED) is 0.493. The highest BCUT2D eigenvalue weighted by Gasteiger charge is 2.29. The van der Waals surface area contributed by atoms with Gasteiger partial charge >= 0.3 is 0 Å². The van der Waals surface area contributed by atoms with E-state index in [0.717, 1.165) is 0 Å². The number of sulfone groups is 1. The average molecular weight is 270 g/mol. The fraction of sp³-hybridized carbons (Fsp3) is 0.400. The molecule has 0 aliphatic carbocycles. The average Bonchev–Trinajstić information content (AvgIpc) is 2.68. The molecule has 98 valence electrons. The van der Waals surface area contributed by atoms with Gasteiger partial charge in [0.1, 0.15) is 5.82 Å². The summed E-state index contributed by atoms with van der Waals surface area (Å²) in [4.78, 5) is 15.7. The van der Waals surface area contributed by atoms with Crippen LogP contribution in [0.4, 0.5) is 5.82 Å². The van der Waals surface area contributed by atoms with Crippen molar-refractivity contribution >= 4 is 21.6 Å². The summed E-state index contributed by atoms with van der Waals surface area (Å²) in [6.07, 6.45) is 1.85. The molecule has 2 rings (SSSR count). The monoisotopic (exact) mass is 270 g/mol. The van der Waals surface area contributed by atoms with Crippen LogP contribution < -0.4 is 16.6 Å². The van der Waals surface area contributed by atoms with Gasteiger partial charge in [0, 0.05) is 12.2 Å². The van der Waals surface area contributed by atoms with E-state index >= 15 is 0 Å². The van der Waals surface area contributed by atoms with Gasteiger partial charge in [-0.15, -0.1) is 0 Å². The standard InChI is InChI=1S/C10H14N4O3S/c11-14-9-2-1-7(5-12-9)10(15)13-8-3-4-18(16,17)6-8/h1-2,5,8H,3-4,6,11H2,(H,12,14)(H,13,15). The molecule has 1 aromatic rings. The summed E-state index contributed by atoms with van der Waals surface area (Å²) in [6.45, 7) is 0. The van der Waals surface area contributed by atoms with Gasteiger partial charge in [0.2, 0.25) is 0 Å². The number of pyridine rings is 1. The first-order chi connectivity index (χ1) is 8.50. The number of nitrogen functional groups attached to an aromatic ring is 1. The van der Waals surface area contributed by atoms with Crippen LogP contribution in [0.1, 0.15) is 16.8 Å². The van der Waals surface area contributed by atoms with E-state index in [0.29, 0.717) is 17.8 Å². The van der Waals surface area contributed by atoms with Crippen molar-refractivity contribution in [1.82, 2.24) is 10.3 Å². The van der Waals surface area contributed by atoms with Crippen LogP contribution in [0, 0.1) is 0 Å². The maximum Gasteiger partial charge on any atom is 0.253 e. The lowest BCUT2D eigenvalue weighted by atomic mass is 10.2. The fourth-order valence-electron chi connectivity index (χ4n) is 1.79. The number of hydrogen-bond donors (Lipinski definition) is 3. The third kappa shape index (κ3) is 2.96. The Kier molecular flexibility index (Phi) is 3.48. The summed E-state index contributed by atoms with van der Waals surface area (Å²) in [5, 5.41) is 2.68. The Hall–Kier alpha value is -1.67. The van der Waals surface area contributed by atoms with Crippen LogP contribution >= 0.6 is 0 Å². The first kappa shape index (κ1) is 12.8. The first-order valence-corrected chi connectivity index (χ1v) is 7.26. The predicted octanol–water partition coefficient (Wildman–Crippen LogP) is -0.716. The zero-order chi connectivity index (χ0) is 13.2. The highest BCUT2D eigenvalue weighted by molar-refractivity contribution is 7.91. The van der Waals surface area contributed by atoms with E-state index in [9.17, 15) is 13.2 Å². The van der Waals surface area contributed by atoms with Crippen molar-refractivity contribution in [3.05, 3.63) is 23.9 Å². The van der Waals surface area contributed by atoms with Gasteiger partial charge in [0.25, 0.3) is 5.91 Å². The van der Waals surface area contributed by atoms with Gasteiger partial charge in [-0.3, -0.25) is 4.79 Å². The molecule has 18 heavy (non-hydrogen) atoms. The summed E-state index contributed by atoms with van der Waals surface area (Å²) in [6, 6.07) is 2.83. The molecule has 0 bridgehead atoms. The van der Waals surface area contributed by atoms with Crippen LogP contribution in [-0.2, 0) is 9.84 Å². The van der Waals surface area contributed by atoms with E-state index in [1.54, 1.807) is 12.1 Å². The molecule has 1 unspecified atom stereocenters. The van der Waals surface area contributed by atoms with E-state index in [4.69, 9.17) is 5.84 Å². The molecule has 4 N–H and O–H groups in total. The SMILES string of the molecule is NNc1ccc(C(=O)NC2CCS(=O)(=O)C2)cn1. The molecule has 0 radical (unpaired) electrons. The Morgan fingerprint density at radius 2 is 2.22 bits per heavy atom. The number of carbonyl (C=O) groups excluding carboxylic acids is 1. The van der Waals surface area contributed by atoms with E-state index in [1.807, 2.05) is 0 Å². The zero-order valence-electron chi connectivity index (χ0n) is 9.59. The topological polar surface area (TPSA) is 114 Å². The lowest BCUT2D eigenvalue weighted by Gasteiger charge is -2.10. The molecule has 1 amide bonds. The summed E-state index contributed by atoms with van der Waals surface area (Å²) in [5.41, 5.74) is 2.73. The first-order valence-electron chi connectivity index (χ1n) is 5.44. The van der Waals surface area contributed by atoms with Crippen LogP contribution in [-0.4, -0.2) is 36.9 Å². The van der Waals surface area contributed by atoms with E-state index in [-0.39, 0.29) is 23.5 Å². The number of rotatable bonds is 3. The minimum atomic E-state index is -2.99. The maximum atomic E-state index is 11.8. The molecular formula is C10H14N4O3S. The van der Waals surface area contributed by atoms with Gasteiger partial charge in [-0.2, -0.15) is 0 Å². The van der Waals surface area contributed by atoms with E-state index in [2.05, 4.69) is 15.7 Å². The second-order valence-electron chi connectivity index (χ2n) is 4.15. The molecule has 8 heteroatoms. The normalized spacial score (nSPS) is 21.5. The van der Waals surface area contributed by atoms with Crippen molar-refractivity contribution in [2.75, 3.05) is 16.9 Å². The second kappa shape index (κ2) is 4.91. The largest absolute Gasteiger partial charge is 0.348 e. The van der Waals surface area contributed by atoms with Gasteiger partial charge in [0.15, 0.2) is 9.84 Å². The van der Waals surface area contributed by atoms with Crippen LogP contribution in [0.15, 0.2) is 18.3 Å². The fourth-order valence-corrected chi connectivity index (χ4v) is 3.46. The Bertz CT molecular complexity index is 541. The summed E-state index contributed by atoms with van der Waals surface area (Å²) < 4.78 is 22.5. The molecule has 7 nitrogen and oxygen atoms in total. The Morgan fingerprint density at radius 1 is 1.44 bits per heavy atom. The number of anilines is 1. The van der Waals surface area contributed by atoms with Crippen molar-refractivity contribution < 1.29 is 13.2 Å². The number of hydrazine groups is 1. The van der Waals surface area contributed by atoms with Gasteiger partial charge in [-0.1, -0.05) is 0 Å². The van der Waals surface area contributed by atoms with Gasteiger partial charge in [-0.05, 0) is 18.6 Å². The lowest BCUT2D eigenvalue weighted by molar-refractivity contribution is 0.0941. The predicted molar refractivity (Wildman–Crippen MR) is 66.6 cm³/mol. The number of nitrogens with two attached hydrogens (primary N) is 1. The van der Waals surface area contributed by atoms with Crippen LogP contribution in [0.3, 0.4) is 0 Å². The highest BCUT2D eigenvalue weighted by Crippen LogP contribution is 2.12. The zero-order valence-corrected chi connectivity index (χ0v) is 10.4. The van der Waals surface area contributed by atoms with Crippen LogP contribution in [0.5, 0.6) is 0 Å². The number of nitrogens with one attached hydrogen (secondary N) is 2. The molecule has 1 aliphatic rings. The van der Waals surface area contributed by atoms with Crippen molar-refractivity contribution in [2.24, 2.45) is 5.84 Å². The molecule has 1 fully saturated rings. The molecule has 1 aromatic heterocycles. The Labute approximate surface area is 105 Å². The maximum absolute atomic E-state index is 11.8. The van der Waals surface area contributed by atoms with E-state index < -0.39 is 9.84 Å². The minimum absolute atomic E-state index is 0.00854. The number of hydrogen-bond acceptors (Lipinski definition) is 6. The highest BCUT2D eigenvalue weighted by atomic mass is 32.2. The van der Waals surface area contributed by atoms with Crippen molar-refractivity contribution in [1.29, 1.82) is 0 Å². The minimum Gasteiger partial charge on any atom is -0.348 e. The summed E-state index contributed by atoms with van der Waals surface area (Å²) >= 11 is 0. The smallest absolute Gasteiger partial charge is 0.253 e. The summed E-state index contributed by atoms with van der Waals surface area (Å²) in [7, 11) is -2.99. The molecular weight excluding hydrogens is 256 g/mol. The number of aromatic nitrogens is 1. The van der Waals surface area contributed by atoms with Crippen LogP contribution in [0.25, 0.3) is 0 Å². The third-order valence-electron chi connectivity index (χ3n) is 2.74. The van der Waals surface area contributed by atoms with Crippen molar-refractivity contribution in [3.63, 3.8) is 0 Å². The Balaban J connectivity index is 1.99. The molecule has 0 aromatic carbocycles. The number of nitrogens with zero attached hydrogens (tertiary/aromatic N) is 1. The number of amides is 1. The molecule has 1 saturated heterocycles. The van der Waals surface area contributed by atoms with Crippen molar-refractivity contribution in [3.8, 4) is 0 Å². The second-order valence-corrected chi connectivity index (χ2v) is 6.38. The molecule has 2 heterocycles. The Morgan fingerprint density at radius 3 is 2.72 bits per heavy atom. The lowest BCUT2D eigenvalue weighted by Crippen LogP contribution is -2.35. The number of carbonyl (C=O) groups is 1. The van der Waals surface area contributed by atoms with E-state index in [1.165, 1.54) is 6.20 Å².